The molecule has 4 heteroatoms. The van der Waals surface area contributed by atoms with Crippen LogP contribution >= 0.6 is 15.9 Å². The summed E-state index contributed by atoms with van der Waals surface area (Å²) < 4.78 is 26.2. The van der Waals surface area contributed by atoms with Crippen LogP contribution in [0.1, 0.15) is 36.9 Å². The van der Waals surface area contributed by atoms with Crippen molar-refractivity contribution in [1.82, 2.24) is 4.98 Å². The van der Waals surface area contributed by atoms with Crippen LogP contribution < -0.4 is 0 Å². The van der Waals surface area contributed by atoms with E-state index in [4.69, 9.17) is 0 Å². The van der Waals surface area contributed by atoms with Gasteiger partial charge in [0.05, 0.1) is 0 Å². The molecule has 1 atom stereocenters. The Morgan fingerprint density at radius 3 is 2.61 bits per heavy atom. The number of rotatable bonds is 3. The average Bonchev–Trinajstić information content (AvgIpc) is 2.32. The zero-order valence-electron chi connectivity index (χ0n) is 10.5. The minimum atomic E-state index is -2.44. The van der Waals surface area contributed by atoms with E-state index in [0.717, 1.165) is 17.7 Å². The fourth-order valence-electron chi connectivity index (χ4n) is 2.41. The summed E-state index contributed by atoms with van der Waals surface area (Å²) in [5, 5.41) is 0. The third kappa shape index (κ3) is 3.74. The molecule has 1 aliphatic rings. The van der Waals surface area contributed by atoms with Crippen LogP contribution in [-0.4, -0.2) is 15.7 Å². The maximum Gasteiger partial charge on any atom is 0.248 e. The van der Waals surface area contributed by atoms with Crippen molar-refractivity contribution >= 4 is 15.9 Å². The van der Waals surface area contributed by atoms with Gasteiger partial charge in [0.25, 0.3) is 0 Å². The molecule has 0 amide bonds. The highest BCUT2D eigenvalue weighted by molar-refractivity contribution is 9.09. The largest absolute Gasteiger partial charge is 0.261 e. The Balaban J connectivity index is 1.89. The molecule has 1 aliphatic carbocycles. The number of nitrogens with zero attached hydrogens (tertiary/aromatic N) is 1. The van der Waals surface area contributed by atoms with E-state index in [0.29, 0.717) is 18.8 Å². The lowest BCUT2D eigenvalue weighted by atomic mass is 9.83. The molecule has 1 saturated carbocycles. The van der Waals surface area contributed by atoms with Crippen molar-refractivity contribution in [3.63, 3.8) is 0 Å². The standard InChI is InChI=1S/C14H18BrF2N/c1-10-2-3-12(18-9-10)8-13(15)11-4-6-14(16,17)7-5-11/h2-3,9,11,13H,4-8H2,1H3. The molecule has 0 N–H and O–H groups in total. The predicted octanol–water partition coefficient (Wildman–Crippen LogP) is 4.52. The monoisotopic (exact) mass is 317 g/mol. The van der Waals surface area contributed by atoms with Crippen LogP contribution in [0, 0.1) is 12.8 Å². The zero-order chi connectivity index (χ0) is 13.2. The molecule has 1 heterocycles. The molecule has 1 aromatic heterocycles. The molecule has 2 rings (SSSR count). The molecule has 0 aromatic carbocycles. The Kier molecular flexibility index (Phi) is 4.36. The lowest BCUT2D eigenvalue weighted by Crippen LogP contribution is -2.29. The van der Waals surface area contributed by atoms with Gasteiger partial charge < -0.3 is 0 Å². The van der Waals surface area contributed by atoms with Crippen LogP contribution in [0.25, 0.3) is 0 Å². The van der Waals surface area contributed by atoms with Crippen molar-refractivity contribution in [2.75, 3.05) is 0 Å². The zero-order valence-corrected chi connectivity index (χ0v) is 12.1. The molecule has 1 aromatic rings. The highest BCUT2D eigenvalue weighted by Gasteiger charge is 2.36. The summed E-state index contributed by atoms with van der Waals surface area (Å²) in [7, 11) is 0. The van der Waals surface area contributed by atoms with Crippen LogP contribution in [0.3, 0.4) is 0 Å². The van der Waals surface area contributed by atoms with Crippen molar-refractivity contribution < 1.29 is 8.78 Å². The fourth-order valence-corrected chi connectivity index (χ4v) is 3.27. The van der Waals surface area contributed by atoms with Crippen molar-refractivity contribution in [3.05, 3.63) is 29.6 Å². The van der Waals surface area contributed by atoms with Crippen LogP contribution in [-0.2, 0) is 6.42 Å². The number of halogens is 3. The minimum absolute atomic E-state index is 0.0289. The molecule has 18 heavy (non-hydrogen) atoms. The molecule has 0 aliphatic heterocycles. The van der Waals surface area contributed by atoms with Crippen molar-refractivity contribution in [1.29, 1.82) is 0 Å². The third-order valence-corrected chi connectivity index (χ3v) is 4.72. The maximum absolute atomic E-state index is 13.1. The van der Waals surface area contributed by atoms with Gasteiger partial charge in [-0.25, -0.2) is 8.78 Å². The summed E-state index contributed by atoms with van der Waals surface area (Å²) in [5.74, 6) is -2.10. The molecule has 1 unspecified atom stereocenters. The Morgan fingerprint density at radius 1 is 1.39 bits per heavy atom. The highest BCUT2D eigenvalue weighted by atomic mass is 79.9. The van der Waals surface area contributed by atoms with Gasteiger partial charge in [0.2, 0.25) is 5.92 Å². The quantitative estimate of drug-likeness (QED) is 0.747. The van der Waals surface area contributed by atoms with E-state index >= 15 is 0 Å². The van der Waals surface area contributed by atoms with E-state index < -0.39 is 5.92 Å². The number of aromatic nitrogens is 1. The SMILES string of the molecule is Cc1ccc(CC(Br)C2CCC(F)(F)CC2)nc1. The van der Waals surface area contributed by atoms with Gasteiger partial charge in [-0.3, -0.25) is 4.98 Å². The molecule has 100 valence electrons. The lowest BCUT2D eigenvalue weighted by molar-refractivity contribution is -0.0456. The van der Waals surface area contributed by atoms with Gasteiger partial charge in [0.15, 0.2) is 0 Å². The van der Waals surface area contributed by atoms with Crippen molar-refractivity contribution in [2.45, 2.75) is 49.8 Å². The molecule has 0 saturated heterocycles. The first-order valence-electron chi connectivity index (χ1n) is 6.40. The van der Waals surface area contributed by atoms with E-state index in [-0.39, 0.29) is 17.7 Å². The van der Waals surface area contributed by atoms with E-state index in [1.165, 1.54) is 0 Å². The molecule has 0 bridgehead atoms. The molecule has 1 fully saturated rings. The first-order chi connectivity index (χ1) is 8.46. The fraction of sp³-hybridized carbons (Fsp3) is 0.643. The minimum Gasteiger partial charge on any atom is -0.261 e. The van der Waals surface area contributed by atoms with Crippen molar-refractivity contribution in [3.8, 4) is 0 Å². The van der Waals surface area contributed by atoms with E-state index in [1.807, 2.05) is 25.3 Å². The molecule has 0 radical (unpaired) electrons. The highest BCUT2D eigenvalue weighted by Crippen LogP contribution is 2.39. The van der Waals surface area contributed by atoms with E-state index in [9.17, 15) is 8.78 Å². The second-order valence-electron chi connectivity index (χ2n) is 5.24. The molecule has 1 nitrogen and oxygen atoms in total. The summed E-state index contributed by atoms with van der Waals surface area (Å²) in [6.45, 7) is 2.01. The third-order valence-electron chi connectivity index (χ3n) is 3.65. The number of hydrogen-bond acceptors (Lipinski definition) is 1. The number of aryl methyl sites for hydroxylation is 1. The van der Waals surface area contributed by atoms with Gasteiger partial charge in [0, 0.05) is 36.0 Å². The Labute approximate surface area is 115 Å². The summed E-state index contributed by atoms with van der Waals surface area (Å²) in [6.07, 6.45) is 3.94. The number of alkyl halides is 3. The van der Waals surface area contributed by atoms with Gasteiger partial charge >= 0.3 is 0 Å². The smallest absolute Gasteiger partial charge is 0.248 e. The number of hydrogen-bond donors (Lipinski definition) is 0. The predicted molar refractivity (Wildman–Crippen MR) is 72.3 cm³/mol. The lowest BCUT2D eigenvalue weighted by Gasteiger charge is -2.31. The second kappa shape index (κ2) is 5.64. The Hall–Kier alpha value is -0.510. The van der Waals surface area contributed by atoms with E-state index in [2.05, 4.69) is 20.9 Å². The molecular weight excluding hydrogens is 300 g/mol. The molecular formula is C14H18BrF2N. The topological polar surface area (TPSA) is 12.9 Å². The second-order valence-corrected chi connectivity index (χ2v) is 6.42. The van der Waals surface area contributed by atoms with Crippen LogP contribution in [0.2, 0.25) is 0 Å². The van der Waals surface area contributed by atoms with Gasteiger partial charge in [-0.2, -0.15) is 0 Å². The summed E-state index contributed by atoms with van der Waals surface area (Å²) in [4.78, 5) is 4.62. The Bertz CT molecular complexity index is 381. The van der Waals surface area contributed by atoms with Crippen molar-refractivity contribution in [2.24, 2.45) is 5.92 Å². The first-order valence-corrected chi connectivity index (χ1v) is 7.31. The summed E-state index contributed by atoms with van der Waals surface area (Å²) in [5.41, 5.74) is 2.17. The normalized spacial score (nSPS) is 21.8. The maximum atomic E-state index is 13.1. The summed E-state index contributed by atoms with van der Waals surface area (Å²) >= 11 is 3.65. The Morgan fingerprint density at radius 2 is 2.06 bits per heavy atom. The van der Waals surface area contributed by atoms with Gasteiger partial charge in [-0.15, -0.1) is 0 Å². The van der Waals surface area contributed by atoms with Gasteiger partial charge in [0.1, 0.15) is 0 Å². The van der Waals surface area contributed by atoms with Crippen LogP contribution in [0.15, 0.2) is 18.3 Å². The molecule has 0 spiro atoms. The van der Waals surface area contributed by atoms with Crippen LogP contribution in [0.5, 0.6) is 0 Å². The first kappa shape index (κ1) is 13.9. The van der Waals surface area contributed by atoms with E-state index in [1.54, 1.807) is 0 Å². The average molecular weight is 318 g/mol. The van der Waals surface area contributed by atoms with Crippen LogP contribution in [0.4, 0.5) is 8.78 Å². The van der Waals surface area contributed by atoms with Gasteiger partial charge in [-0.05, 0) is 37.3 Å². The summed E-state index contributed by atoms with van der Waals surface area (Å²) in [6, 6.07) is 4.05. The van der Waals surface area contributed by atoms with Gasteiger partial charge in [-0.1, -0.05) is 22.0 Å². The number of pyridine rings is 1.